The molecule has 108 valence electrons. The van der Waals surface area contributed by atoms with Crippen molar-refractivity contribution in [1.82, 2.24) is 15.0 Å². The van der Waals surface area contributed by atoms with Gasteiger partial charge in [-0.3, -0.25) is 0 Å². The van der Waals surface area contributed by atoms with Crippen LogP contribution in [-0.2, 0) is 14.8 Å². The molecule has 0 aliphatic carbocycles. The van der Waals surface area contributed by atoms with Crippen LogP contribution in [0.5, 0.6) is 0 Å². The van der Waals surface area contributed by atoms with Crippen LogP contribution < -0.4 is 4.72 Å². The van der Waals surface area contributed by atoms with Crippen molar-refractivity contribution in [3.05, 3.63) is 18.2 Å². The van der Waals surface area contributed by atoms with Crippen molar-refractivity contribution >= 4 is 21.1 Å². The maximum atomic E-state index is 12.4. The maximum absolute atomic E-state index is 12.4. The molecule has 1 aliphatic rings. The molecular weight excluding hydrogens is 282 g/mol. The van der Waals surface area contributed by atoms with Gasteiger partial charge in [-0.2, -0.15) is 0 Å². The molecule has 1 saturated heterocycles. The van der Waals surface area contributed by atoms with Crippen molar-refractivity contribution in [2.24, 2.45) is 0 Å². The van der Waals surface area contributed by atoms with Gasteiger partial charge in [0.25, 0.3) is 0 Å². The van der Waals surface area contributed by atoms with E-state index in [0.717, 1.165) is 12.8 Å². The maximum Gasteiger partial charge on any atom is 0.243 e. The Balaban J connectivity index is 1.89. The quantitative estimate of drug-likeness (QED) is 0.907. The van der Waals surface area contributed by atoms with E-state index in [4.69, 9.17) is 4.74 Å². The molecule has 1 aliphatic heterocycles. The summed E-state index contributed by atoms with van der Waals surface area (Å²) in [4.78, 5) is 0.0705. The SMILES string of the molecule is CC(NS(=O)(=O)c1cccc2nonc12)C1CCCO1. The molecule has 8 heteroatoms. The third kappa shape index (κ3) is 2.41. The molecule has 1 aromatic carbocycles. The molecule has 2 unspecified atom stereocenters. The van der Waals surface area contributed by atoms with Gasteiger partial charge >= 0.3 is 0 Å². The van der Waals surface area contributed by atoms with Gasteiger partial charge < -0.3 is 4.74 Å². The van der Waals surface area contributed by atoms with E-state index in [-0.39, 0.29) is 22.6 Å². The monoisotopic (exact) mass is 297 g/mol. The highest BCUT2D eigenvalue weighted by atomic mass is 32.2. The van der Waals surface area contributed by atoms with Crippen molar-refractivity contribution in [3.63, 3.8) is 0 Å². The number of fused-ring (bicyclic) bond motifs is 1. The average Bonchev–Trinajstić information content (AvgIpc) is 3.08. The molecular formula is C12H15N3O4S. The zero-order chi connectivity index (χ0) is 14.2. The van der Waals surface area contributed by atoms with Crippen LogP contribution >= 0.6 is 0 Å². The standard InChI is InChI=1S/C12H15N3O4S/c1-8(10-5-3-7-18-10)15-20(16,17)11-6-2-4-9-12(11)14-19-13-9/h2,4,6,8,10,15H,3,5,7H2,1H3. The molecule has 2 atom stereocenters. The Morgan fingerprint density at radius 1 is 1.40 bits per heavy atom. The van der Waals surface area contributed by atoms with E-state index in [0.29, 0.717) is 12.1 Å². The highest BCUT2D eigenvalue weighted by Crippen LogP contribution is 2.21. The summed E-state index contributed by atoms with van der Waals surface area (Å²) in [5.41, 5.74) is 0.650. The normalized spacial score (nSPS) is 21.4. The van der Waals surface area contributed by atoms with E-state index in [1.54, 1.807) is 19.1 Å². The Hall–Kier alpha value is -1.51. The van der Waals surface area contributed by atoms with E-state index in [1.807, 2.05) is 0 Å². The number of rotatable bonds is 4. The number of sulfonamides is 1. The third-order valence-electron chi connectivity index (χ3n) is 3.40. The van der Waals surface area contributed by atoms with Gasteiger partial charge in [-0.15, -0.1) is 0 Å². The number of benzene rings is 1. The second kappa shape index (κ2) is 5.12. The summed E-state index contributed by atoms with van der Waals surface area (Å²) in [5, 5.41) is 7.30. The Labute approximate surface area is 116 Å². The van der Waals surface area contributed by atoms with Crippen LogP contribution in [-0.4, -0.2) is 37.5 Å². The van der Waals surface area contributed by atoms with Crippen LogP contribution in [0, 0.1) is 0 Å². The molecule has 1 fully saturated rings. The van der Waals surface area contributed by atoms with Crippen molar-refractivity contribution < 1.29 is 17.8 Å². The summed E-state index contributed by atoms with van der Waals surface area (Å²) in [6.45, 7) is 2.48. The first kappa shape index (κ1) is 13.5. The molecule has 0 radical (unpaired) electrons. The molecule has 2 aromatic rings. The predicted octanol–water partition coefficient (Wildman–Crippen LogP) is 1.07. The fraction of sp³-hybridized carbons (Fsp3) is 0.500. The second-order valence-electron chi connectivity index (χ2n) is 4.85. The Bertz CT molecular complexity index is 706. The molecule has 3 rings (SSSR count). The highest BCUT2D eigenvalue weighted by Gasteiger charge is 2.28. The molecule has 0 amide bonds. The lowest BCUT2D eigenvalue weighted by Gasteiger charge is -2.19. The Morgan fingerprint density at radius 2 is 2.25 bits per heavy atom. The van der Waals surface area contributed by atoms with Gasteiger partial charge in [0, 0.05) is 12.6 Å². The van der Waals surface area contributed by atoms with E-state index in [1.165, 1.54) is 6.07 Å². The summed E-state index contributed by atoms with van der Waals surface area (Å²) in [5.74, 6) is 0. The van der Waals surface area contributed by atoms with E-state index in [9.17, 15) is 8.42 Å². The first-order valence-corrected chi connectivity index (χ1v) is 7.91. The van der Waals surface area contributed by atoms with Crippen molar-refractivity contribution in [3.8, 4) is 0 Å². The zero-order valence-electron chi connectivity index (χ0n) is 10.9. The summed E-state index contributed by atoms with van der Waals surface area (Å²) < 4.78 is 37.6. The summed E-state index contributed by atoms with van der Waals surface area (Å²) in [6.07, 6.45) is 1.73. The van der Waals surface area contributed by atoms with Gasteiger partial charge in [0.2, 0.25) is 10.0 Å². The first-order chi connectivity index (χ1) is 9.58. The van der Waals surface area contributed by atoms with Gasteiger partial charge in [-0.1, -0.05) is 6.07 Å². The molecule has 0 bridgehead atoms. The van der Waals surface area contributed by atoms with Crippen LogP contribution in [0.4, 0.5) is 0 Å². The minimum atomic E-state index is -3.69. The number of nitrogens with one attached hydrogen (secondary N) is 1. The molecule has 7 nitrogen and oxygen atoms in total. The topological polar surface area (TPSA) is 94.3 Å². The molecule has 1 aromatic heterocycles. The minimum absolute atomic E-state index is 0.0705. The lowest BCUT2D eigenvalue weighted by molar-refractivity contribution is 0.0902. The molecule has 1 N–H and O–H groups in total. The van der Waals surface area contributed by atoms with Crippen LogP contribution in [0.1, 0.15) is 19.8 Å². The molecule has 20 heavy (non-hydrogen) atoms. The summed E-state index contributed by atoms with van der Waals surface area (Å²) >= 11 is 0. The second-order valence-corrected chi connectivity index (χ2v) is 6.53. The van der Waals surface area contributed by atoms with Gasteiger partial charge in [0.05, 0.1) is 6.10 Å². The van der Waals surface area contributed by atoms with Gasteiger partial charge in [-0.05, 0) is 42.2 Å². The number of hydrogen-bond donors (Lipinski definition) is 1. The van der Waals surface area contributed by atoms with E-state index >= 15 is 0 Å². The summed E-state index contributed by atoms with van der Waals surface area (Å²) in [7, 11) is -3.69. The Morgan fingerprint density at radius 3 is 3.00 bits per heavy atom. The van der Waals surface area contributed by atoms with Gasteiger partial charge in [0.1, 0.15) is 10.4 Å². The number of nitrogens with zero attached hydrogens (tertiary/aromatic N) is 2. The van der Waals surface area contributed by atoms with Crippen molar-refractivity contribution in [2.45, 2.75) is 36.8 Å². The van der Waals surface area contributed by atoms with Crippen LogP contribution in [0.25, 0.3) is 11.0 Å². The van der Waals surface area contributed by atoms with Crippen LogP contribution in [0.15, 0.2) is 27.7 Å². The predicted molar refractivity (Wildman–Crippen MR) is 70.6 cm³/mol. The highest BCUT2D eigenvalue weighted by molar-refractivity contribution is 7.89. The molecule has 0 spiro atoms. The number of aromatic nitrogens is 2. The van der Waals surface area contributed by atoms with Gasteiger partial charge in [0.15, 0.2) is 5.52 Å². The third-order valence-corrected chi connectivity index (χ3v) is 4.99. The van der Waals surface area contributed by atoms with Gasteiger partial charge in [-0.25, -0.2) is 17.8 Å². The first-order valence-electron chi connectivity index (χ1n) is 6.43. The lowest BCUT2D eigenvalue weighted by Crippen LogP contribution is -2.40. The average molecular weight is 297 g/mol. The van der Waals surface area contributed by atoms with E-state index < -0.39 is 10.0 Å². The number of ether oxygens (including phenoxy) is 1. The molecule has 2 heterocycles. The largest absolute Gasteiger partial charge is 0.377 e. The summed E-state index contributed by atoms with van der Waals surface area (Å²) in [6, 6.07) is 4.45. The number of hydrogen-bond acceptors (Lipinski definition) is 6. The fourth-order valence-electron chi connectivity index (χ4n) is 2.38. The van der Waals surface area contributed by atoms with Crippen molar-refractivity contribution in [1.29, 1.82) is 0 Å². The smallest absolute Gasteiger partial charge is 0.243 e. The fourth-order valence-corrected chi connectivity index (χ4v) is 3.80. The van der Waals surface area contributed by atoms with Crippen LogP contribution in [0.2, 0.25) is 0 Å². The van der Waals surface area contributed by atoms with Crippen LogP contribution in [0.3, 0.4) is 0 Å². The minimum Gasteiger partial charge on any atom is -0.377 e. The zero-order valence-corrected chi connectivity index (χ0v) is 11.8. The van der Waals surface area contributed by atoms with Crippen molar-refractivity contribution in [2.75, 3.05) is 6.61 Å². The Kier molecular flexibility index (Phi) is 3.45. The molecule has 0 saturated carbocycles. The lowest BCUT2D eigenvalue weighted by atomic mass is 10.1. The van der Waals surface area contributed by atoms with E-state index in [2.05, 4.69) is 19.7 Å².